The summed E-state index contributed by atoms with van der Waals surface area (Å²) in [7, 11) is 0. The number of esters is 1. The van der Waals surface area contributed by atoms with Crippen LogP contribution in [0.15, 0.2) is 12.1 Å². The van der Waals surface area contributed by atoms with Gasteiger partial charge in [-0.1, -0.05) is 0 Å². The molecule has 1 saturated carbocycles. The van der Waals surface area contributed by atoms with E-state index >= 15 is 0 Å². The number of hydrogen-bond donors (Lipinski definition) is 1. The van der Waals surface area contributed by atoms with Crippen LogP contribution in [0.4, 0.5) is 0 Å². The lowest BCUT2D eigenvalue weighted by molar-refractivity contribution is -0.149. The molecule has 1 aliphatic carbocycles. The first kappa shape index (κ1) is 21.2. The molecule has 2 atom stereocenters. The summed E-state index contributed by atoms with van der Waals surface area (Å²) in [5.41, 5.74) is -0.197. The summed E-state index contributed by atoms with van der Waals surface area (Å²) in [6.45, 7) is 7.69. The van der Waals surface area contributed by atoms with Crippen LogP contribution in [0.3, 0.4) is 0 Å². The maximum atomic E-state index is 12.6. The Balaban J connectivity index is 1.93. The lowest BCUT2D eigenvalue weighted by Gasteiger charge is -2.47. The topological polar surface area (TPSA) is 96.6 Å². The number of benzene rings is 1. The highest BCUT2D eigenvalue weighted by atomic mass is 16.5. The Labute approximate surface area is 171 Å². The Morgan fingerprint density at radius 2 is 2.14 bits per heavy atom. The number of Topliss-reactive ketones (excluding diaryl/α,β-unsaturated/α-hetero) is 1. The van der Waals surface area contributed by atoms with Gasteiger partial charge in [0.25, 0.3) is 0 Å². The molecule has 1 N–H and O–H groups in total. The molecule has 0 radical (unpaired) electrons. The minimum atomic E-state index is -0.994. The Morgan fingerprint density at radius 1 is 1.41 bits per heavy atom. The van der Waals surface area contributed by atoms with Gasteiger partial charge >= 0.3 is 5.97 Å². The number of unbranched alkanes of at least 4 members (excludes halogenated alkanes) is 1. The summed E-state index contributed by atoms with van der Waals surface area (Å²) in [6, 6.07) is 5.41. The molecule has 2 aliphatic rings. The minimum Gasteiger partial charge on any atom is -0.508 e. The van der Waals surface area contributed by atoms with Gasteiger partial charge in [-0.05, 0) is 58.2 Å². The summed E-state index contributed by atoms with van der Waals surface area (Å²) >= 11 is 0. The van der Waals surface area contributed by atoms with Crippen molar-refractivity contribution in [2.75, 3.05) is 6.61 Å². The molecule has 3 rings (SSSR count). The fourth-order valence-corrected chi connectivity index (χ4v) is 4.55. The van der Waals surface area contributed by atoms with Crippen molar-refractivity contribution >= 4 is 11.8 Å². The number of aromatic hydroxyl groups is 1. The smallest absolute Gasteiger partial charge is 0.315 e. The molecule has 0 aromatic heterocycles. The molecule has 1 fully saturated rings. The third-order valence-corrected chi connectivity index (χ3v) is 6.32. The van der Waals surface area contributed by atoms with E-state index < -0.39 is 17.0 Å². The fraction of sp³-hybridized carbons (Fsp3) is 0.609. The lowest BCUT2D eigenvalue weighted by Crippen LogP contribution is -2.47. The molecule has 29 heavy (non-hydrogen) atoms. The maximum Gasteiger partial charge on any atom is 0.315 e. The van der Waals surface area contributed by atoms with Crippen LogP contribution in [0.1, 0.15) is 76.8 Å². The number of ether oxygens (including phenoxy) is 2. The molecule has 0 spiro atoms. The number of phenols is 1. The molecule has 6 nitrogen and oxygen atoms in total. The molecular weight excluding hydrogens is 370 g/mol. The van der Waals surface area contributed by atoms with Crippen molar-refractivity contribution < 1.29 is 24.2 Å². The van der Waals surface area contributed by atoms with Crippen molar-refractivity contribution in [3.63, 3.8) is 0 Å². The van der Waals surface area contributed by atoms with Crippen LogP contribution in [0.2, 0.25) is 0 Å². The predicted octanol–water partition coefficient (Wildman–Crippen LogP) is 4.14. The molecule has 0 saturated heterocycles. The van der Waals surface area contributed by atoms with E-state index in [-0.39, 0.29) is 30.0 Å². The lowest BCUT2D eigenvalue weighted by atomic mass is 9.66. The van der Waals surface area contributed by atoms with Crippen LogP contribution >= 0.6 is 0 Å². The second-order valence-electron chi connectivity index (χ2n) is 9.13. The van der Waals surface area contributed by atoms with Crippen molar-refractivity contribution in [2.45, 2.75) is 76.7 Å². The summed E-state index contributed by atoms with van der Waals surface area (Å²) in [5.74, 6) is 0.456. The van der Waals surface area contributed by atoms with E-state index in [0.29, 0.717) is 42.6 Å². The second-order valence-corrected chi connectivity index (χ2v) is 9.13. The molecule has 0 amide bonds. The molecule has 6 heteroatoms. The van der Waals surface area contributed by atoms with Crippen molar-refractivity contribution in [3.8, 4) is 17.6 Å². The minimum absolute atomic E-state index is 0.0584. The first-order valence-corrected chi connectivity index (χ1v) is 10.2. The number of phenolic OH excluding ortho intramolecular Hbond substituents is 1. The van der Waals surface area contributed by atoms with E-state index in [4.69, 9.17) is 14.7 Å². The zero-order valence-corrected chi connectivity index (χ0v) is 17.6. The van der Waals surface area contributed by atoms with Gasteiger partial charge in [-0.15, -0.1) is 0 Å². The number of carbonyl (C=O) groups excluding carboxylic acids is 2. The first-order valence-electron chi connectivity index (χ1n) is 10.2. The third-order valence-electron chi connectivity index (χ3n) is 6.32. The molecule has 1 aliphatic heterocycles. The average Bonchev–Trinajstić information content (AvgIpc) is 2.63. The van der Waals surface area contributed by atoms with Crippen LogP contribution in [-0.4, -0.2) is 29.1 Å². The Kier molecular flexibility index (Phi) is 5.62. The van der Waals surface area contributed by atoms with E-state index in [0.717, 1.165) is 6.42 Å². The van der Waals surface area contributed by atoms with E-state index in [2.05, 4.69) is 0 Å². The van der Waals surface area contributed by atoms with Gasteiger partial charge in [0, 0.05) is 36.7 Å². The van der Waals surface area contributed by atoms with Crippen LogP contribution in [0.5, 0.6) is 11.5 Å². The number of nitriles is 1. The summed E-state index contributed by atoms with van der Waals surface area (Å²) in [5, 5.41) is 19.4. The van der Waals surface area contributed by atoms with Crippen LogP contribution in [-0.2, 0) is 19.7 Å². The van der Waals surface area contributed by atoms with E-state index in [9.17, 15) is 14.7 Å². The van der Waals surface area contributed by atoms with E-state index in [1.807, 2.05) is 19.9 Å². The Hall–Kier alpha value is -2.55. The average molecular weight is 399 g/mol. The third kappa shape index (κ3) is 3.96. The molecule has 0 bridgehead atoms. The van der Waals surface area contributed by atoms with Crippen LogP contribution < -0.4 is 4.74 Å². The molecule has 0 unspecified atom stereocenters. The van der Waals surface area contributed by atoms with Crippen molar-refractivity contribution in [1.82, 2.24) is 0 Å². The number of rotatable bonds is 5. The van der Waals surface area contributed by atoms with Gasteiger partial charge in [0.05, 0.1) is 18.1 Å². The quantitative estimate of drug-likeness (QED) is 0.590. The molecule has 1 aromatic rings. The van der Waals surface area contributed by atoms with Crippen molar-refractivity contribution in [3.05, 3.63) is 23.3 Å². The summed E-state index contributed by atoms with van der Waals surface area (Å²) in [6.07, 6.45) is 2.52. The SMILES string of the molecule is CC(C)(C(=O)OCCCC#N)c1cc(O)c2c(c1)OC(C)(C)[C@@H]1CCC(=O)C[C@@H]21. The molecular formula is C23H29NO5. The van der Waals surface area contributed by atoms with Crippen LogP contribution in [0.25, 0.3) is 0 Å². The second kappa shape index (κ2) is 7.70. The van der Waals surface area contributed by atoms with Crippen molar-refractivity contribution in [2.24, 2.45) is 5.92 Å². The van der Waals surface area contributed by atoms with Gasteiger partial charge in [-0.25, -0.2) is 0 Å². The number of carbonyl (C=O) groups is 2. The highest BCUT2D eigenvalue weighted by molar-refractivity contribution is 5.83. The highest BCUT2D eigenvalue weighted by Crippen LogP contribution is 2.54. The predicted molar refractivity (Wildman–Crippen MR) is 107 cm³/mol. The zero-order chi connectivity index (χ0) is 21.4. The van der Waals surface area contributed by atoms with Crippen LogP contribution in [0, 0.1) is 17.2 Å². The Morgan fingerprint density at radius 3 is 2.83 bits per heavy atom. The van der Waals surface area contributed by atoms with Gasteiger partial charge in [-0.2, -0.15) is 5.26 Å². The molecule has 1 heterocycles. The number of hydrogen-bond acceptors (Lipinski definition) is 6. The monoisotopic (exact) mass is 399 g/mol. The first-order chi connectivity index (χ1) is 13.6. The van der Waals surface area contributed by atoms with Crippen molar-refractivity contribution in [1.29, 1.82) is 5.26 Å². The van der Waals surface area contributed by atoms with Gasteiger partial charge in [0.1, 0.15) is 22.9 Å². The number of nitrogens with zero attached hydrogens (tertiary/aromatic N) is 1. The number of ketones is 1. The Bertz CT molecular complexity index is 865. The summed E-state index contributed by atoms with van der Waals surface area (Å²) < 4.78 is 11.6. The normalized spacial score (nSPS) is 22.7. The van der Waals surface area contributed by atoms with Gasteiger partial charge in [-0.3, -0.25) is 9.59 Å². The standard InChI is InChI=1S/C23H29NO5/c1-22(2,21(27)28-10-6-5-9-24)14-11-18(26)20-16-13-15(25)7-8-17(16)23(3,4)29-19(20)12-14/h11-12,16-17,26H,5-8,10,13H2,1-4H3/t16-,17-/m1/s1. The fourth-order valence-electron chi connectivity index (χ4n) is 4.55. The van der Waals surface area contributed by atoms with E-state index in [1.165, 1.54) is 0 Å². The zero-order valence-electron chi connectivity index (χ0n) is 17.6. The summed E-state index contributed by atoms with van der Waals surface area (Å²) in [4.78, 5) is 24.7. The van der Waals surface area contributed by atoms with Gasteiger partial charge in [0.2, 0.25) is 0 Å². The van der Waals surface area contributed by atoms with Gasteiger partial charge < -0.3 is 14.6 Å². The molecule has 156 valence electrons. The molecule has 1 aromatic carbocycles. The highest BCUT2D eigenvalue weighted by Gasteiger charge is 2.48. The number of fused-ring (bicyclic) bond motifs is 3. The van der Waals surface area contributed by atoms with E-state index in [1.54, 1.807) is 26.0 Å². The maximum absolute atomic E-state index is 12.6. The largest absolute Gasteiger partial charge is 0.508 e. The van der Waals surface area contributed by atoms with Gasteiger partial charge in [0.15, 0.2) is 0 Å².